The molecule has 18 nitrogen and oxygen atoms in total. The highest BCUT2D eigenvalue weighted by atomic mass is 16.6. The molecule has 260 valence electrons. The number of amides is 3. The molecule has 0 unspecified atom stereocenters. The third-order valence-corrected chi connectivity index (χ3v) is 6.03. The Balaban J connectivity index is 0.000000491. The highest BCUT2D eigenvalue weighted by molar-refractivity contribution is 5.99. The molecule has 18 heteroatoms. The summed E-state index contributed by atoms with van der Waals surface area (Å²) in [5.74, 6) is -0.163. The lowest BCUT2D eigenvalue weighted by Gasteiger charge is -2.22. The number of likely N-dealkylation sites (N-methyl/N-ethyl adjacent to an activating group) is 4. The molecule has 0 radical (unpaired) electrons. The Morgan fingerprint density at radius 2 is 1.17 bits per heavy atom. The average molecular weight is 665 g/mol. The Morgan fingerprint density at radius 3 is 1.53 bits per heavy atom. The van der Waals surface area contributed by atoms with Gasteiger partial charge in [0.2, 0.25) is 11.8 Å². The van der Waals surface area contributed by atoms with Gasteiger partial charge in [-0.05, 0) is 49.0 Å². The zero-order valence-corrected chi connectivity index (χ0v) is 28.6. The molecule has 0 aliphatic carbocycles. The van der Waals surface area contributed by atoms with E-state index in [4.69, 9.17) is 19.9 Å². The predicted molar refractivity (Wildman–Crippen MR) is 177 cm³/mol. The summed E-state index contributed by atoms with van der Waals surface area (Å²) in [6, 6.07) is 5.05. The van der Waals surface area contributed by atoms with Gasteiger partial charge < -0.3 is 39.5 Å². The van der Waals surface area contributed by atoms with Crippen molar-refractivity contribution in [2.24, 2.45) is 0 Å². The molecule has 0 saturated heterocycles. The largest absolute Gasteiger partial charge is 0.495 e. The molecule has 0 aromatic heterocycles. The number of nitro benzene ring substituents is 2. The van der Waals surface area contributed by atoms with E-state index in [-0.39, 0.29) is 70.5 Å². The number of rotatable bonds is 11. The second-order valence-corrected chi connectivity index (χ2v) is 11.6. The number of nitrogen functional groups attached to an aromatic ring is 1. The number of ether oxygens (including phenoxy) is 3. The highest BCUT2D eigenvalue weighted by Crippen LogP contribution is 2.39. The fourth-order valence-electron chi connectivity index (χ4n) is 3.84. The molecule has 2 aromatic carbocycles. The topological polar surface area (TPSA) is 216 Å². The van der Waals surface area contributed by atoms with Crippen LogP contribution < -0.4 is 30.3 Å². The fourth-order valence-corrected chi connectivity index (χ4v) is 3.84. The van der Waals surface area contributed by atoms with E-state index >= 15 is 0 Å². The maximum Gasteiger partial charge on any atom is 0.412 e. The Labute approximate surface area is 273 Å². The summed E-state index contributed by atoms with van der Waals surface area (Å²) in [5.41, 5.74) is 4.75. The maximum absolute atomic E-state index is 12.3. The minimum absolute atomic E-state index is 0.0541. The Kier molecular flexibility index (Phi) is 14.3. The molecule has 0 aliphatic rings. The van der Waals surface area contributed by atoms with Gasteiger partial charge in [0.1, 0.15) is 28.5 Å². The summed E-state index contributed by atoms with van der Waals surface area (Å²) in [6.07, 6.45) is -0.778. The first-order valence-electron chi connectivity index (χ1n) is 13.9. The predicted octanol–water partition coefficient (Wildman–Crippen LogP) is 3.18. The van der Waals surface area contributed by atoms with Gasteiger partial charge in [-0.2, -0.15) is 0 Å². The monoisotopic (exact) mass is 664 g/mol. The van der Waals surface area contributed by atoms with Crippen LogP contribution in [-0.4, -0.2) is 113 Å². The SMILES string of the molecule is COc1cc(N(C)C(=O)CN(C)C)c([N+](=O)[O-])cc1N.COc1cc(N(C)C(=O)CN(C)C)c([N+](=O)[O-])cc1NC(=O)OC(C)(C)C. The molecule has 3 amide bonds. The highest BCUT2D eigenvalue weighted by Gasteiger charge is 2.27. The Hall–Kier alpha value is -5.23. The number of carbonyl (C=O) groups is 3. The molecule has 0 saturated carbocycles. The van der Waals surface area contributed by atoms with E-state index < -0.39 is 21.5 Å². The second-order valence-electron chi connectivity index (χ2n) is 11.6. The van der Waals surface area contributed by atoms with Gasteiger partial charge in [0.25, 0.3) is 11.4 Å². The molecule has 0 bridgehead atoms. The van der Waals surface area contributed by atoms with Gasteiger partial charge in [0.15, 0.2) is 0 Å². The van der Waals surface area contributed by atoms with E-state index in [9.17, 15) is 34.6 Å². The van der Waals surface area contributed by atoms with Crippen molar-refractivity contribution in [3.63, 3.8) is 0 Å². The molecule has 0 aliphatic heterocycles. The number of nitro groups is 2. The van der Waals surface area contributed by atoms with Crippen LogP contribution in [0.25, 0.3) is 0 Å². The quantitative estimate of drug-likeness (QED) is 0.201. The van der Waals surface area contributed by atoms with Gasteiger partial charge in [-0.3, -0.25) is 35.1 Å². The molecule has 2 aromatic rings. The third kappa shape index (κ3) is 11.9. The molecule has 0 spiro atoms. The van der Waals surface area contributed by atoms with Crippen LogP contribution in [0.5, 0.6) is 11.5 Å². The number of nitrogens with one attached hydrogen (secondary N) is 1. The summed E-state index contributed by atoms with van der Waals surface area (Å²) >= 11 is 0. The van der Waals surface area contributed by atoms with Gasteiger partial charge in [-0.1, -0.05) is 0 Å². The molecule has 47 heavy (non-hydrogen) atoms. The van der Waals surface area contributed by atoms with E-state index in [0.717, 1.165) is 6.07 Å². The minimum atomic E-state index is -0.778. The van der Waals surface area contributed by atoms with Crippen LogP contribution in [0.15, 0.2) is 24.3 Å². The summed E-state index contributed by atoms with van der Waals surface area (Å²) in [4.78, 5) is 63.4. The van der Waals surface area contributed by atoms with Gasteiger partial charge in [-0.15, -0.1) is 0 Å². The van der Waals surface area contributed by atoms with Crippen molar-refractivity contribution in [3.05, 3.63) is 44.5 Å². The van der Waals surface area contributed by atoms with Gasteiger partial charge >= 0.3 is 6.09 Å². The number of anilines is 4. The van der Waals surface area contributed by atoms with Crippen LogP contribution in [0.1, 0.15) is 20.8 Å². The summed E-state index contributed by atoms with van der Waals surface area (Å²) in [5, 5.41) is 25.0. The number of benzene rings is 2. The Bertz CT molecular complexity index is 1470. The van der Waals surface area contributed by atoms with Crippen LogP contribution in [0.2, 0.25) is 0 Å². The lowest BCUT2D eigenvalue weighted by atomic mass is 10.2. The second kappa shape index (κ2) is 16.9. The van der Waals surface area contributed by atoms with Crippen LogP contribution in [0.3, 0.4) is 0 Å². The van der Waals surface area contributed by atoms with Crippen molar-refractivity contribution in [2.45, 2.75) is 26.4 Å². The lowest BCUT2D eigenvalue weighted by molar-refractivity contribution is -0.384. The van der Waals surface area contributed by atoms with Gasteiger partial charge in [0, 0.05) is 38.4 Å². The number of nitrogens with two attached hydrogens (primary N) is 1. The number of nitrogens with zero attached hydrogens (tertiary/aromatic N) is 6. The molecule has 0 fully saturated rings. The lowest BCUT2D eigenvalue weighted by Crippen LogP contribution is -2.35. The van der Waals surface area contributed by atoms with Crippen molar-refractivity contribution >= 4 is 52.0 Å². The number of carbonyl (C=O) groups excluding carboxylic acids is 3. The molecule has 0 heterocycles. The zero-order chi connectivity index (χ0) is 36.4. The van der Waals surface area contributed by atoms with Gasteiger partial charge in [-0.25, -0.2) is 4.79 Å². The molecule has 2 rings (SSSR count). The zero-order valence-electron chi connectivity index (χ0n) is 28.6. The maximum atomic E-state index is 12.3. The first-order chi connectivity index (χ1) is 21.6. The average Bonchev–Trinajstić information content (AvgIpc) is 2.94. The molecular weight excluding hydrogens is 620 g/mol. The van der Waals surface area contributed by atoms with E-state index in [1.807, 2.05) is 0 Å². The summed E-state index contributed by atoms with van der Waals surface area (Å²) < 4.78 is 15.4. The van der Waals surface area contributed by atoms with Crippen molar-refractivity contribution in [3.8, 4) is 11.5 Å². The first-order valence-corrected chi connectivity index (χ1v) is 13.9. The minimum Gasteiger partial charge on any atom is -0.495 e. The smallest absolute Gasteiger partial charge is 0.412 e. The van der Waals surface area contributed by atoms with Crippen molar-refractivity contribution in [2.75, 3.05) is 90.4 Å². The van der Waals surface area contributed by atoms with Crippen LogP contribution in [0.4, 0.5) is 38.9 Å². The van der Waals surface area contributed by atoms with Crippen molar-refractivity contribution in [1.82, 2.24) is 9.80 Å². The standard InChI is InChI=1S/C17H26N4O6.C12H18N4O4/c1-17(2,3)27-16(23)18-11-8-13(21(24)25)12(9-14(11)26-7)20(6)15(22)10-19(4)5;1-14(2)7-12(17)15(3)9-6-11(20-4)8(13)5-10(9)16(18)19/h8-9H,10H2,1-7H3,(H,18,23);5-6H,7,13H2,1-4H3. The van der Waals surface area contributed by atoms with Crippen molar-refractivity contribution in [1.29, 1.82) is 0 Å². The van der Waals surface area contributed by atoms with E-state index in [1.165, 1.54) is 56.3 Å². The van der Waals surface area contributed by atoms with Crippen LogP contribution in [-0.2, 0) is 14.3 Å². The van der Waals surface area contributed by atoms with E-state index in [2.05, 4.69) is 5.32 Å². The number of methoxy groups -OCH3 is 2. The molecular formula is C29H44N8O10. The summed E-state index contributed by atoms with van der Waals surface area (Å²) in [7, 11) is 12.6. The Morgan fingerprint density at radius 1 is 0.766 bits per heavy atom. The van der Waals surface area contributed by atoms with Crippen molar-refractivity contribution < 1.29 is 38.4 Å². The number of hydrogen-bond donors (Lipinski definition) is 2. The van der Waals surface area contributed by atoms with E-state index in [0.29, 0.717) is 0 Å². The number of hydrogen-bond acceptors (Lipinski definition) is 13. The third-order valence-electron chi connectivity index (χ3n) is 6.03. The fraction of sp³-hybridized carbons (Fsp3) is 0.483. The normalized spacial score (nSPS) is 10.8. The van der Waals surface area contributed by atoms with E-state index in [1.54, 1.807) is 58.8 Å². The van der Waals surface area contributed by atoms with Crippen LogP contribution >= 0.6 is 0 Å². The van der Waals surface area contributed by atoms with Crippen LogP contribution in [0, 0.1) is 20.2 Å². The first kappa shape index (κ1) is 39.8. The van der Waals surface area contributed by atoms with Gasteiger partial charge in [0.05, 0.1) is 48.5 Å². The molecule has 0 atom stereocenters. The molecule has 3 N–H and O–H groups in total. The summed E-state index contributed by atoms with van der Waals surface area (Å²) in [6.45, 7) is 5.30.